The summed E-state index contributed by atoms with van der Waals surface area (Å²) in [5.41, 5.74) is -0.659. The molecule has 14 heteroatoms. The maximum atomic E-state index is 15.5. The number of aromatic nitrogens is 3. The van der Waals surface area contributed by atoms with Crippen LogP contribution in [0.3, 0.4) is 0 Å². The molecule has 0 amide bonds. The molecule has 47 heavy (non-hydrogen) atoms. The van der Waals surface area contributed by atoms with Crippen LogP contribution in [-0.4, -0.2) is 40.3 Å². The largest absolute Gasteiger partial charge is 0.471 e. The second kappa shape index (κ2) is 12.7. The number of pyridine rings is 1. The highest BCUT2D eigenvalue weighted by atomic mass is 19.4. The average molecular weight is 660 g/mol. The quantitative estimate of drug-likeness (QED) is 0.121. The van der Waals surface area contributed by atoms with Crippen molar-refractivity contribution in [3.05, 3.63) is 112 Å². The molecule has 244 valence electrons. The summed E-state index contributed by atoms with van der Waals surface area (Å²) in [6.07, 6.45) is -4.20. The normalized spacial score (nSPS) is 14.7. The van der Waals surface area contributed by atoms with E-state index in [1.807, 2.05) is 0 Å². The molecule has 0 saturated carbocycles. The van der Waals surface area contributed by atoms with Crippen LogP contribution in [0, 0.1) is 23.3 Å². The SMILES string of the molecule is COC(=O)c1ccc2nc(Cc3cc(F)c(-c4ccc(F)c(OCc5ccc(C(F)(F)F)cc5F)n4)cc3F)n(C[C@@H]3CCO3)c2c1. The number of carbonyl (C=O) groups excluding carboxylic acids is 1. The minimum Gasteiger partial charge on any atom is -0.471 e. The lowest BCUT2D eigenvalue weighted by Crippen LogP contribution is -2.31. The minimum atomic E-state index is -4.76. The first-order chi connectivity index (χ1) is 22.4. The van der Waals surface area contributed by atoms with Gasteiger partial charge in [0.1, 0.15) is 29.9 Å². The van der Waals surface area contributed by atoms with Crippen molar-refractivity contribution >= 4 is 17.0 Å². The second-order valence-corrected chi connectivity index (χ2v) is 10.8. The van der Waals surface area contributed by atoms with E-state index in [4.69, 9.17) is 14.2 Å². The van der Waals surface area contributed by atoms with Crippen molar-refractivity contribution in [1.82, 2.24) is 14.5 Å². The Morgan fingerprint density at radius 2 is 1.68 bits per heavy atom. The van der Waals surface area contributed by atoms with E-state index < -0.39 is 53.5 Å². The van der Waals surface area contributed by atoms with E-state index in [1.165, 1.54) is 7.11 Å². The molecule has 1 fully saturated rings. The van der Waals surface area contributed by atoms with Crippen molar-refractivity contribution in [2.45, 2.75) is 38.3 Å². The molecule has 1 aliphatic rings. The Labute approximate surface area is 262 Å². The van der Waals surface area contributed by atoms with Crippen LogP contribution in [-0.2, 0) is 35.2 Å². The summed E-state index contributed by atoms with van der Waals surface area (Å²) in [7, 11) is 1.26. The average Bonchev–Trinajstić information content (AvgIpc) is 3.35. The highest BCUT2D eigenvalue weighted by Gasteiger charge is 2.31. The van der Waals surface area contributed by atoms with E-state index in [-0.39, 0.29) is 41.0 Å². The third-order valence-corrected chi connectivity index (χ3v) is 7.75. The summed E-state index contributed by atoms with van der Waals surface area (Å²) in [5.74, 6) is -4.77. The zero-order chi connectivity index (χ0) is 33.5. The lowest BCUT2D eigenvalue weighted by molar-refractivity contribution is -0.137. The predicted molar refractivity (Wildman–Crippen MR) is 154 cm³/mol. The van der Waals surface area contributed by atoms with Gasteiger partial charge < -0.3 is 18.8 Å². The number of imidazole rings is 1. The maximum Gasteiger partial charge on any atom is 0.416 e. The molecule has 2 aromatic heterocycles. The summed E-state index contributed by atoms with van der Waals surface area (Å²) < 4.78 is 116. The van der Waals surface area contributed by atoms with Gasteiger partial charge in [-0.05, 0) is 66.6 Å². The lowest BCUT2D eigenvalue weighted by Gasteiger charge is -2.27. The summed E-state index contributed by atoms with van der Waals surface area (Å²) in [5, 5.41) is 0. The van der Waals surface area contributed by atoms with Crippen LogP contribution in [0.5, 0.6) is 5.88 Å². The van der Waals surface area contributed by atoms with Crippen LogP contribution in [0.2, 0.25) is 0 Å². The Bertz CT molecular complexity index is 1990. The number of benzene rings is 3. The molecule has 7 nitrogen and oxygen atoms in total. The number of alkyl halides is 3. The van der Waals surface area contributed by atoms with Gasteiger partial charge >= 0.3 is 12.1 Å². The van der Waals surface area contributed by atoms with Gasteiger partial charge in [-0.2, -0.15) is 13.2 Å². The molecule has 0 bridgehead atoms. The standard InChI is InChI=1S/C33H24F7N3O4/c1-45-32(44)17-3-6-28-29(11-17)43(15-21-8-9-46-21)30(41-28)12-19-10-26(37)22(14-25(19)36)27-7-5-23(34)31(42-27)47-16-18-2-4-20(13-24(18)35)33(38,39)40/h2-7,10-11,13-14,21H,8-9,12,15-16H2,1H3/t21-/m0/s1. The summed E-state index contributed by atoms with van der Waals surface area (Å²) in [6.45, 7) is 0.288. The number of halogens is 7. The van der Waals surface area contributed by atoms with Crippen LogP contribution in [0.15, 0.2) is 60.7 Å². The van der Waals surface area contributed by atoms with E-state index in [0.29, 0.717) is 41.6 Å². The molecule has 0 unspecified atom stereocenters. The maximum absolute atomic E-state index is 15.5. The van der Waals surface area contributed by atoms with E-state index in [2.05, 4.69) is 9.97 Å². The third kappa shape index (κ3) is 6.64. The first-order valence-electron chi connectivity index (χ1n) is 14.2. The molecular weight excluding hydrogens is 635 g/mol. The number of nitrogens with zero attached hydrogens (tertiary/aromatic N) is 3. The topological polar surface area (TPSA) is 75.5 Å². The highest BCUT2D eigenvalue weighted by molar-refractivity contribution is 5.93. The molecule has 5 aromatic rings. The van der Waals surface area contributed by atoms with Gasteiger partial charge in [0.25, 0.3) is 5.88 Å². The molecule has 0 radical (unpaired) electrons. The number of fused-ring (bicyclic) bond motifs is 1. The number of hydrogen-bond donors (Lipinski definition) is 0. The van der Waals surface area contributed by atoms with Crippen molar-refractivity contribution in [1.29, 1.82) is 0 Å². The fourth-order valence-electron chi connectivity index (χ4n) is 5.14. The Morgan fingerprint density at radius 1 is 0.915 bits per heavy atom. The Balaban J connectivity index is 1.26. The van der Waals surface area contributed by atoms with E-state index in [9.17, 15) is 26.7 Å². The van der Waals surface area contributed by atoms with Gasteiger partial charge in [-0.1, -0.05) is 6.07 Å². The molecule has 0 spiro atoms. The molecule has 3 heterocycles. The van der Waals surface area contributed by atoms with Crippen molar-refractivity contribution < 1.29 is 49.7 Å². The van der Waals surface area contributed by atoms with Crippen LogP contribution < -0.4 is 4.74 Å². The monoisotopic (exact) mass is 659 g/mol. The van der Waals surface area contributed by atoms with Gasteiger partial charge in [-0.25, -0.2) is 32.3 Å². The molecular formula is C33H24F7N3O4. The smallest absolute Gasteiger partial charge is 0.416 e. The van der Waals surface area contributed by atoms with Crippen LogP contribution in [0.25, 0.3) is 22.3 Å². The van der Waals surface area contributed by atoms with Gasteiger partial charge in [-0.3, -0.25) is 0 Å². The Hall–Kier alpha value is -4.98. The number of rotatable bonds is 9. The summed E-state index contributed by atoms with van der Waals surface area (Å²) in [4.78, 5) is 20.6. The van der Waals surface area contributed by atoms with E-state index in [0.717, 1.165) is 36.8 Å². The van der Waals surface area contributed by atoms with Crippen molar-refractivity contribution in [3.63, 3.8) is 0 Å². The fraction of sp³-hybridized carbons (Fsp3) is 0.242. The summed E-state index contributed by atoms with van der Waals surface area (Å²) >= 11 is 0. The zero-order valence-corrected chi connectivity index (χ0v) is 24.5. The first kappa shape index (κ1) is 32.0. The van der Waals surface area contributed by atoms with E-state index >= 15 is 8.78 Å². The lowest BCUT2D eigenvalue weighted by atomic mass is 10.0. The third-order valence-electron chi connectivity index (χ3n) is 7.75. The molecule has 6 rings (SSSR count). The zero-order valence-electron chi connectivity index (χ0n) is 24.5. The van der Waals surface area contributed by atoms with Crippen LogP contribution >= 0.6 is 0 Å². The molecule has 1 aliphatic heterocycles. The number of carbonyl (C=O) groups is 1. The van der Waals surface area contributed by atoms with Crippen LogP contribution in [0.4, 0.5) is 30.7 Å². The minimum absolute atomic E-state index is 0.0399. The van der Waals surface area contributed by atoms with Gasteiger partial charge in [0, 0.05) is 24.2 Å². The van der Waals surface area contributed by atoms with Gasteiger partial charge in [-0.15, -0.1) is 0 Å². The molecule has 0 N–H and O–H groups in total. The number of methoxy groups -OCH3 is 1. The van der Waals surface area contributed by atoms with Crippen molar-refractivity contribution in [2.75, 3.05) is 13.7 Å². The fourth-order valence-corrected chi connectivity index (χ4v) is 5.14. The second-order valence-electron chi connectivity index (χ2n) is 10.8. The molecule has 3 aromatic carbocycles. The molecule has 1 atom stereocenters. The Morgan fingerprint density at radius 3 is 2.36 bits per heavy atom. The van der Waals surface area contributed by atoms with Crippen molar-refractivity contribution in [3.8, 4) is 17.1 Å². The number of hydrogen-bond acceptors (Lipinski definition) is 6. The highest BCUT2D eigenvalue weighted by Crippen LogP contribution is 2.32. The van der Waals surface area contributed by atoms with Gasteiger partial charge in [0.05, 0.1) is 47.6 Å². The number of ether oxygens (including phenoxy) is 3. The molecule has 0 aliphatic carbocycles. The predicted octanol–water partition coefficient (Wildman–Crippen LogP) is 7.42. The van der Waals surface area contributed by atoms with Crippen molar-refractivity contribution in [2.24, 2.45) is 0 Å². The Kier molecular flexibility index (Phi) is 8.62. The first-order valence-corrected chi connectivity index (χ1v) is 14.2. The molecule has 1 saturated heterocycles. The van der Waals surface area contributed by atoms with E-state index in [1.54, 1.807) is 22.8 Å². The van der Waals surface area contributed by atoms with Gasteiger partial charge in [0.2, 0.25) is 0 Å². The van der Waals surface area contributed by atoms with Crippen LogP contribution in [0.1, 0.15) is 39.3 Å². The summed E-state index contributed by atoms with van der Waals surface area (Å²) in [6, 6.07) is 10.4. The number of esters is 1. The van der Waals surface area contributed by atoms with Gasteiger partial charge in [0.15, 0.2) is 5.82 Å².